The van der Waals surface area contributed by atoms with Gasteiger partial charge in [0.15, 0.2) is 23.0 Å². The fourth-order valence-corrected chi connectivity index (χ4v) is 2.55. The van der Waals surface area contributed by atoms with Gasteiger partial charge in [-0.1, -0.05) is 6.07 Å². The maximum absolute atomic E-state index is 12.1. The van der Waals surface area contributed by atoms with Crippen molar-refractivity contribution >= 4 is 11.7 Å². The Hall–Kier alpha value is -3.29. The molecule has 0 aliphatic carbocycles. The van der Waals surface area contributed by atoms with Crippen LogP contribution >= 0.6 is 0 Å². The van der Waals surface area contributed by atoms with Crippen LogP contribution in [0.5, 0.6) is 28.7 Å². The van der Waals surface area contributed by atoms with Crippen LogP contribution in [0.4, 0.5) is 10.5 Å². The molecule has 0 saturated carbocycles. The average Bonchev–Trinajstić information content (AvgIpc) is 2.70. The monoisotopic (exact) mass is 390 g/mol. The molecule has 152 valence electrons. The fourth-order valence-electron chi connectivity index (χ4n) is 2.55. The molecule has 2 aromatic rings. The number of rotatable bonds is 9. The summed E-state index contributed by atoms with van der Waals surface area (Å²) in [5.74, 6) is 2.64. The lowest BCUT2D eigenvalue weighted by Gasteiger charge is -2.15. The molecule has 0 saturated heterocycles. The topological polar surface area (TPSA) is 87.3 Å². The number of methoxy groups -OCH3 is 4. The van der Waals surface area contributed by atoms with E-state index in [9.17, 15) is 4.79 Å². The number of hydrogen-bond acceptors (Lipinski definition) is 6. The summed E-state index contributed by atoms with van der Waals surface area (Å²) in [6.07, 6.45) is 0. The van der Waals surface area contributed by atoms with Crippen LogP contribution in [0, 0.1) is 6.92 Å². The van der Waals surface area contributed by atoms with E-state index in [-0.39, 0.29) is 6.03 Å². The minimum Gasteiger partial charge on any atom is -0.493 e. The van der Waals surface area contributed by atoms with Crippen LogP contribution in [-0.4, -0.2) is 47.6 Å². The van der Waals surface area contributed by atoms with E-state index in [2.05, 4.69) is 10.6 Å². The fraction of sp³-hybridized carbons (Fsp3) is 0.350. The first kappa shape index (κ1) is 21.0. The zero-order chi connectivity index (χ0) is 20.5. The molecule has 2 rings (SSSR count). The highest BCUT2D eigenvalue weighted by molar-refractivity contribution is 5.90. The van der Waals surface area contributed by atoms with Crippen LogP contribution in [0.3, 0.4) is 0 Å². The maximum atomic E-state index is 12.1. The Morgan fingerprint density at radius 1 is 0.857 bits per heavy atom. The Morgan fingerprint density at radius 3 is 2.07 bits per heavy atom. The summed E-state index contributed by atoms with van der Waals surface area (Å²) in [6, 6.07) is 8.57. The van der Waals surface area contributed by atoms with Crippen molar-refractivity contribution in [2.45, 2.75) is 6.92 Å². The molecule has 0 radical (unpaired) electrons. The molecular formula is C20H26N2O6. The van der Waals surface area contributed by atoms with E-state index in [1.807, 2.05) is 25.1 Å². The number of hydrogen-bond donors (Lipinski definition) is 2. The van der Waals surface area contributed by atoms with Crippen molar-refractivity contribution in [2.75, 3.05) is 46.9 Å². The second kappa shape index (κ2) is 10.1. The summed E-state index contributed by atoms with van der Waals surface area (Å²) >= 11 is 0. The quantitative estimate of drug-likeness (QED) is 0.639. The minimum atomic E-state index is -0.381. The van der Waals surface area contributed by atoms with Gasteiger partial charge in [-0.05, 0) is 24.6 Å². The Kier molecular flexibility index (Phi) is 7.62. The zero-order valence-electron chi connectivity index (χ0n) is 16.8. The molecule has 0 atom stereocenters. The second-order valence-electron chi connectivity index (χ2n) is 5.80. The molecule has 0 heterocycles. The van der Waals surface area contributed by atoms with Gasteiger partial charge in [-0.15, -0.1) is 0 Å². The summed E-state index contributed by atoms with van der Waals surface area (Å²) in [6.45, 7) is 2.58. The Labute approximate surface area is 164 Å². The number of urea groups is 1. The summed E-state index contributed by atoms with van der Waals surface area (Å²) in [7, 11) is 6.13. The minimum absolute atomic E-state index is 0.294. The van der Waals surface area contributed by atoms with Gasteiger partial charge in [-0.3, -0.25) is 0 Å². The van der Waals surface area contributed by atoms with E-state index in [1.165, 1.54) is 21.3 Å². The normalized spacial score (nSPS) is 10.0. The number of ether oxygens (including phenoxy) is 5. The summed E-state index contributed by atoms with van der Waals surface area (Å²) in [5.41, 5.74) is 1.58. The molecule has 0 aromatic heterocycles. The molecule has 2 aromatic carbocycles. The molecule has 8 heteroatoms. The van der Waals surface area contributed by atoms with E-state index in [0.29, 0.717) is 47.6 Å². The van der Waals surface area contributed by atoms with Gasteiger partial charge in [0, 0.05) is 12.1 Å². The molecule has 8 nitrogen and oxygen atoms in total. The number of nitrogens with one attached hydrogen (secondary N) is 2. The first-order valence-corrected chi connectivity index (χ1v) is 8.64. The lowest BCUT2D eigenvalue weighted by molar-refractivity contribution is 0.246. The van der Waals surface area contributed by atoms with Crippen molar-refractivity contribution in [3.05, 3.63) is 35.9 Å². The molecule has 2 amide bonds. The van der Waals surface area contributed by atoms with E-state index in [4.69, 9.17) is 23.7 Å². The molecule has 0 aliphatic rings. The third kappa shape index (κ3) is 5.35. The molecule has 0 unspecified atom stereocenters. The van der Waals surface area contributed by atoms with E-state index < -0.39 is 0 Å². The number of aryl methyl sites for hydroxylation is 1. The van der Waals surface area contributed by atoms with E-state index in [0.717, 1.165) is 5.56 Å². The predicted molar refractivity (Wildman–Crippen MR) is 106 cm³/mol. The molecule has 2 N–H and O–H groups in total. The molecule has 0 bridgehead atoms. The van der Waals surface area contributed by atoms with Gasteiger partial charge in [0.1, 0.15) is 6.61 Å². The SMILES string of the molecule is COc1cc(C)ccc1OCCNC(=O)Nc1cc(OC)c(OC)c(OC)c1. The molecule has 0 fully saturated rings. The van der Waals surface area contributed by atoms with Crippen molar-refractivity contribution in [3.63, 3.8) is 0 Å². The Bertz CT molecular complexity index is 784. The van der Waals surface area contributed by atoms with Crippen LogP contribution in [0.15, 0.2) is 30.3 Å². The molecule has 0 spiro atoms. The van der Waals surface area contributed by atoms with Gasteiger partial charge < -0.3 is 34.3 Å². The molecule has 0 aliphatic heterocycles. The second-order valence-corrected chi connectivity index (χ2v) is 5.80. The van der Waals surface area contributed by atoms with Crippen molar-refractivity contribution in [2.24, 2.45) is 0 Å². The van der Waals surface area contributed by atoms with E-state index >= 15 is 0 Å². The van der Waals surface area contributed by atoms with Crippen LogP contribution in [0.2, 0.25) is 0 Å². The smallest absolute Gasteiger partial charge is 0.319 e. The van der Waals surface area contributed by atoms with Crippen molar-refractivity contribution in [1.82, 2.24) is 5.32 Å². The van der Waals surface area contributed by atoms with Crippen LogP contribution < -0.4 is 34.3 Å². The van der Waals surface area contributed by atoms with Crippen molar-refractivity contribution < 1.29 is 28.5 Å². The van der Waals surface area contributed by atoms with Gasteiger partial charge in [0.25, 0.3) is 0 Å². The summed E-state index contributed by atoms with van der Waals surface area (Å²) in [5, 5.41) is 5.45. The highest BCUT2D eigenvalue weighted by atomic mass is 16.5. The highest BCUT2D eigenvalue weighted by Crippen LogP contribution is 2.39. The first-order chi connectivity index (χ1) is 13.5. The number of amides is 2. The van der Waals surface area contributed by atoms with Gasteiger partial charge in [0.05, 0.1) is 40.7 Å². The number of anilines is 1. The summed E-state index contributed by atoms with van der Waals surface area (Å²) in [4.78, 5) is 12.1. The zero-order valence-corrected chi connectivity index (χ0v) is 16.8. The van der Waals surface area contributed by atoms with Gasteiger partial charge in [-0.25, -0.2) is 4.79 Å². The lowest BCUT2D eigenvalue weighted by atomic mass is 10.2. The maximum Gasteiger partial charge on any atom is 0.319 e. The van der Waals surface area contributed by atoms with E-state index in [1.54, 1.807) is 19.2 Å². The third-order valence-electron chi connectivity index (χ3n) is 3.89. The lowest BCUT2D eigenvalue weighted by Crippen LogP contribution is -2.32. The highest BCUT2D eigenvalue weighted by Gasteiger charge is 2.14. The number of carbonyl (C=O) groups excluding carboxylic acids is 1. The first-order valence-electron chi connectivity index (χ1n) is 8.64. The molecule has 28 heavy (non-hydrogen) atoms. The molecular weight excluding hydrogens is 364 g/mol. The van der Waals surface area contributed by atoms with Crippen molar-refractivity contribution in [3.8, 4) is 28.7 Å². The number of carbonyl (C=O) groups is 1. The van der Waals surface area contributed by atoms with Crippen molar-refractivity contribution in [1.29, 1.82) is 0 Å². The average molecular weight is 390 g/mol. The Morgan fingerprint density at radius 2 is 1.50 bits per heavy atom. The van der Waals surface area contributed by atoms with Gasteiger partial charge in [0.2, 0.25) is 5.75 Å². The Balaban J connectivity index is 1.89. The standard InChI is InChI=1S/C20H26N2O6/c1-13-6-7-15(16(10-13)24-2)28-9-8-21-20(23)22-14-11-17(25-3)19(27-5)18(12-14)26-4/h6-7,10-12H,8-9H2,1-5H3,(H2,21,22,23). The number of benzene rings is 2. The third-order valence-corrected chi connectivity index (χ3v) is 3.89. The van der Waals surface area contributed by atoms with Crippen LogP contribution in [-0.2, 0) is 0 Å². The van der Waals surface area contributed by atoms with Crippen LogP contribution in [0.25, 0.3) is 0 Å². The largest absolute Gasteiger partial charge is 0.493 e. The van der Waals surface area contributed by atoms with Crippen LogP contribution in [0.1, 0.15) is 5.56 Å². The summed E-state index contributed by atoms with van der Waals surface area (Å²) < 4.78 is 26.8. The van der Waals surface area contributed by atoms with Gasteiger partial charge in [-0.2, -0.15) is 0 Å². The predicted octanol–water partition coefficient (Wildman–Crippen LogP) is 3.23. The van der Waals surface area contributed by atoms with Gasteiger partial charge >= 0.3 is 6.03 Å².